The summed E-state index contributed by atoms with van der Waals surface area (Å²) < 4.78 is 17.8. The average Bonchev–Trinajstić information content (AvgIpc) is 3.32. The molecule has 1 amide bonds. The first-order valence-corrected chi connectivity index (χ1v) is 10.4. The molecule has 154 valence electrons. The number of anilines is 1. The third-order valence-corrected chi connectivity index (χ3v) is 5.82. The normalized spacial score (nSPS) is 17.1. The molecule has 3 aromatic carbocycles. The van der Waals surface area contributed by atoms with Gasteiger partial charge in [0.15, 0.2) is 0 Å². The fourth-order valence-corrected chi connectivity index (χ4v) is 4.59. The molecule has 0 aromatic heterocycles. The van der Waals surface area contributed by atoms with Crippen molar-refractivity contribution in [2.75, 3.05) is 31.3 Å². The van der Waals surface area contributed by atoms with Crippen molar-refractivity contribution in [1.82, 2.24) is 0 Å². The second-order valence-corrected chi connectivity index (χ2v) is 7.93. The van der Waals surface area contributed by atoms with Crippen molar-refractivity contribution in [3.05, 3.63) is 71.3 Å². The van der Waals surface area contributed by atoms with Crippen LogP contribution in [0.3, 0.4) is 0 Å². The lowest BCUT2D eigenvalue weighted by Crippen LogP contribution is -2.41. The minimum absolute atomic E-state index is 0.131. The van der Waals surface area contributed by atoms with Crippen LogP contribution in [0.4, 0.5) is 5.69 Å². The topological polar surface area (TPSA) is 48.0 Å². The second-order valence-electron chi connectivity index (χ2n) is 7.93. The summed E-state index contributed by atoms with van der Waals surface area (Å²) in [5, 5.41) is 2.25. The lowest BCUT2D eigenvalue weighted by atomic mass is 10.0. The van der Waals surface area contributed by atoms with Crippen LogP contribution in [-0.4, -0.2) is 32.3 Å². The van der Waals surface area contributed by atoms with Crippen molar-refractivity contribution in [3.8, 4) is 5.75 Å². The zero-order valence-corrected chi connectivity index (χ0v) is 17.3. The van der Waals surface area contributed by atoms with Gasteiger partial charge in [-0.05, 0) is 43.4 Å². The monoisotopic (exact) mass is 403 g/mol. The molecule has 2 aliphatic heterocycles. The van der Waals surface area contributed by atoms with E-state index in [9.17, 15) is 4.79 Å². The zero-order valence-electron chi connectivity index (χ0n) is 17.3. The molecular weight excluding hydrogens is 378 g/mol. The SMILES string of the molecule is Cc1cc(C)c2c(c1)C1(OCCO1)C(=O)N2CCCOc1cccc2ccccc12. The molecule has 1 fully saturated rings. The molecule has 0 radical (unpaired) electrons. The van der Waals surface area contributed by atoms with Gasteiger partial charge in [0.1, 0.15) is 5.75 Å². The highest BCUT2D eigenvalue weighted by atomic mass is 16.7. The van der Waals surface area contributed by atoms with Gasteiger partial charge in [0.05, 0.1) is 25.5 Å². The van der Waals surface area contributed by atoms with Crippen molar-refractivity contribution < 1.29 is 19.0 Å². The molecule has 5 heteroatoms. The molecule has 0 bridgehead atoms. The van der Waals surface area contributed by atoms with Crippen LogP contribution in [0.5, 0.6) is 5.75 Å². The highest BCUT2D eigenvalue weighted by Crippen LogP contribution is 2.47. The van der Waals surface area contributed by atoms with E-state index in [-0.39, 0.29) is 5.91 Å². The van der Waals surface area contributed by atoms with Crippen molar-refractivity contribution >= 4 is 22.4 Å². The Morgan fingerprint density at radius 3 is 2.63 bits per heavy atom. The average molecular weight is 403 g/mol. The van der Waals surface area contributed by atoms with E-state index >= 15 is 0 Å². The van der Waals surface area contributed by atoms with E-state index in [1.165, 1.54) is 0 Å². The summed E-state index contributed by atoms with van der Waals surface area (Å²) in [6.07, 6.45) is 0.706. The molecule has 5 rings (SSSR count). The van der Waals surface area contributed by atoms with Gasteiger partial charge in [0.2, 0.25) is 0 Å². The Morgan fingerprint density at radius 2 is 1.80 bits per heavy atom. The highest BCUT2D eigenvalue weighted by Gasteiger charge is 2.56. The highest BCUT2D eigenvalue weighted by molar-refractivity contribution is 6.07. The lowest BCUT2D eigenvalue weighted by molar-refractivity contribution is -0.180. The molecule has 0 aliphatic carbocycles. The molecule has 5 nitrogen and oxygen atoms in total. The summed E-state index contributed by atoms with van der Waals surface area (Å²) in [5.74, 6) is -0.538. The molecule has 0 N–H and O–H groups in total. The maximum atomic E-state index is 13.3. The van der Waals surface area contributed by atoms with E-state index in [2.05, 4.69) is 24.3 Å². The number of aryl methyl sites for hydroxylation is 2. The van der Waals surface area contributed by atoms with Gasteiger partial charge in [-0.15, -0.1) is 0 Å². The number of carbonyl (C=O) groups excluding carboxylic acids is 1. The van der Waals surface area contributed by atoms with Crippen LogP contribution in [0.1, 0.15) is 23.1 Å². The maximum Gasteiger partial charge on any atom is 0.292 e. The van der Waals surface area contributed by atoms with Gasteiger partial charge in [0.25, 0.3) is 11.7 Å². The van der Waals surface area contributed by atoms with Crippen molar-refractivity contribution in [1.29, 1.82) is 0 Å². The van der Waals surface area contributed by atoms with Gasteiger partial charge in [-0.1, -0.05) is 48.0 Å². The van der Waals surface area contributed by atoms with E-state index in [0.717, 1.165) is 38.9 Å². The first-order valence-electron chi connectivity index (χ1n) is 10.4. The number of hydrogen-bond donors (Lipinski definition) is 0. The van der Waals surface area contributed by atoms with Crippen LogP contribution in [0.25, 0.3) is 10.8 Å². The largest absolute Gasteiger partial charge is 0.493 e. The van der Waals surface area contributed by atoms with Crippen LogP contribution in [-0.2, 0) is 20.1 Å². The van der Waals surface area contributed by atoms with Gasteiger partial charge >= 0.3 is 0 Å². The Kier molecular flexibility index (Phi) is 4.72. The van der Waals surface area contributed by atoms with Gasteiger partial charge in [-0.25, -0.2) is 0 Å². The Balaban J connectivity index is 1.34. The number of benzene rings is 3. The quantitative estimate of drug-likeness (QED) is 0.590. The Morgan fingerprint density at radius 1 is 1.03 bits per heavy atom. The number of rotatable bonds is 5. The fraction of sp³-hybridized carbons (Fsp3) is 0.320. The fourth-order valence-electron chi connectivity index (χ4n) is 4.59. The van der Waals surface area contributed by atoms with Crippen LogP contribution in [0, 0.1) is 13.8 Å². The number of fused-ring (bicyclic) bond motifs is 3. The first-order chi connectivity index (χ1) is 14.6. The summed E-state index contributed by atoms with van der Waals surface area (Å²) in [6.45, 7) is 5.99. The van der Waals surface area contributed by atoms with Crippen LogP contribution >= 0.6 is 0 Å². The van der Waals surface area contributed by atoms with Crippen LogP contribution in [0.2, 0.25) is 0 Å². The third-order valence-electron chi connectivity index (χ3n) is 5.82. The number of nitrogens with zero attached hydrogens (tertiary/aromatic N) is 1. The molecule has 1 saturated heterocycles. The third kappa shape index (κ3) is 2.97. The number of ether oxygens (including phenoxy) is 3. The van der Waals surface area contributed by atoms with Crippen LogP contribution in [0.15, 0.2) is 54.6 Å². The molecule has 2 heterocycles. The Hall–Kier alpha value is -2.89. The maximum absolute atomic E-state index is 13.3. The van der Waals surface area contributed by atoms with Crippen LogP contribution < -0.4 is 9.64 Å². The number of carbonyl (C=O) groups is 1. The zero-order chi connectivity index (χ0) is 20.7. The Bertz CT molecular complexity index is 1110. The van der Waals surface area contributed by atoms with Crippen molar-refractivity contribution in [2.24, 2.45) is 0 Å². The summed E-state index contributed by atoms with van der Waals surface area (Å²) in [4.78, 5) is 15.1. The lowest BCUT2D eigenvalue weighted by Gasteiger charge is -2.22. The van der Waals surface area contributed by atoms with Gasteiger partial charge < -0.3 is 19.1 Å². The molecule has 0 atom stereocenters. The Labute approximate surface area is 176 Å². The van der Waals surface area contributed by atoms with E-state index in [4.69, 9.17) is 14.2 Å². The van der Waals surface area contributed by atoms with E-state index in [1.54, 1.807) is 0 Å². The number of amides is 1. The number of hydrogen-bond acceptors (Lipinski definition) is 4. The molecular formula is C25H25NO4. The van der Waals surface area contributed by atoms with E-state index in [1.807, 2.05) is 49.1 Å². The summed E-state index contributed by atoms with van der Waals surface area (Å²) >= 11 is 0. The molecule has 0 saturated carbocycles. The summed E-state index contributed by atoms with van der Waals surface area (Å²) in [5.41, 5.74) is 3.90. The predicted octanol–water partition coefficient (Wildman–Crippen LogP) is 4.47. The molecule has 2 aliphatic rings. The minimum Gasteiger partial charge on any atom is -0.493 e. The molecule has 1 spiro atoms. The minimum atomic E-state index is -1.28. The molecule has 3 aromatic rings. The van der Waals surface area contributed by atoms with Crippen molar-refractivity contribution in [3.63, 3.8) is 0 Å². The molecule has 30 heavy (non-hydrogen) atoms. The van der Waals surface area contributed by atoms with Gasteiger partial charge in [0, 0.05) is 17.5 Å². The summed E-state index contributed by atoms with van der Waals surface area (Å²) in [6, 6.07) is 18.4. The molecule has 0 unspecified atom stereocenters. The standard InChI is InChI=1S/C25H25NO4/c1-17-15-18(2)23-21(16-17)25(29-13-14-30-25)24(27)26(23)11-6-12-28-22-10-5-8-19-7-3-4-9-20(19)22/h3-5,7-10,15-16H,6,11-14H2,1-2H3. The van der Waals surface area contributed by atoms with Crippen molar-refractivity contribution in [2.45, 2.75) is 26.1 Å². The van der Waals surface area contributed by atoms with Gasteiger partial charge in [-0.3, -0.25) is 4.79 Å². The second kappa shape index (κ2) is 7.42. The smallest absolute Gasteiger partial charge is 0.292 e. The van der Waals surface area contributed by atoms with E-state index < -0.39 is 5.79 Å². The van der Waals surface area contributed by atoms with E-state index in [0.29, 0.717) is 32.8 Å². The predicted molar refractivity (Wildman–Crippen MR) is 116 cm³/mol. The van der Waals surface area contributed by atoms with Gasteiger partial charge in [-0.2, -0.15) is 0 Å². The summed E-state index contributed by atoms with van der Waals surface area (Å²) in [7, 11) is 0. The first kappa shape index (κ1) is 19.1.